The first kappa shape index (κ1) is 15.1. The Bertz CT molecular complexity index is 652. The highest BCUT2D eigenvalue weighted by Crippen LogP contribution is 2.30. The van der Waals surface area contributed by atoms with Crippen LogP contribution in [0.15, 0.2) is 18.5 Å². The van der Waals surface area contributed by atoms with E-state index in [1.54, 1.807) is 13.8 Å². The van der Waals surface area contributed by atoms with Crippen molar-refractivity contribution in [2.45, 2.75) is 26.1 Å². The van der Waals surface area contributed by atoms with Gasteiger partial charge >= 0.3 is 6.18 Å². The van der Waals surface area contributed by atoms with E-state index in [0.29, 0.717) is 6.54 Å². The standard InChI is InChI=1S/C12H14F3N5O/c1-3-16-11(21)7(2)18-10-8-6-9(12(13,14)15)19-20(8)5-4-17-10/h4-7H,3H2,1-2H3,(H,16,21)(H,17,18). The van der Waals surface area contributed by atoms with Crippen LogP contribution in [0.4, 0.5) is 19.0 Å². The zero-order chi connectivity index (χ0) is 15.6. The van der Waals surface area contributed by atoms with Crippen LogP contribution in [0.1, 0.15) is 19.5 Å². The summed E-state index contributed by atoms with van der Waals surface area (Å²) < 4.78 is 39.1. The molecule has 114 valence electrons. The molecule has 21 heavy (non-hydrogen) atoms. The van der Waals surface area contributed by atoms with Crippen LogP contribution in [0.25, 0.3) is 5.52 Å². The molecule has 1 unspecified atom stereocenters. The normalized spacial score (nSPS) is 13.2. The molecule has 0 bridgehead atoms. The first-order valence-electron chi connectivity index (χ1n) is 6.28. The van der Waals surface area contributed by atoms with Crippen molar-refractivity contribution >= 4 is 17.2 Å². The van der Waals surface area contributed by atoms with Crippen molar-refractivity contribution in [3.63, 3.8) is 0 Å². The largest absolute Gasteiger partial charge is 0.435 e. The van der Waals surface area contributed by atoms with Crippen molar-refractivity contribution < 1.29 is 18.0 Å². The highest BCUT2D eigenvalue weighted by atomic mass is 19.4. The molecule has 9 heteroatoms. The van der Waals surface area contributed by atoms with Crippen LogP contribution in [0.2, 0.25) is 0 Å². The zero-order valence-electron chi connectivity index (χ0n) is 11.4. The van der Waals surface area contributed by atoms with E-state index in [1.807, 2.05) is 0 Å². The molecule has 0 spiro atoms. The lowest BCUT2D eigenvalue weighted by Crippen LogP contribution is -2.37. The van der Waals surface area contributed by atoms with E-state index in [2.05, 4.69) is 20.7 Å². The van der Waals surface area contributed by atoms with Gasteiger partial charge in [0, 0.05) is 25.0 Å². The number of amides is 1. The smallest absolute Gasteiger partial charge is 0.357 e. The van der Waals surface area contributed by atoms with E-state index >= 15 is 0 Å². The molecule has 0 fully saturated rings. The first-order chi connectivity index (χ1) is 9.82. The van der Waals surface area contributed by atoms with Gasteiger partial charge in [-0.05, 0) is 13.8 Å². The molecule has 6 nitrogen and oxygen atoms in total. The summed E-state index contributed by atoms with van der Waals surface area (Å²) >= 11 is 0. The van der Waals surface area contributed by atoms with Crippen molar-refractivity contribution in [3.05, 3.63) is 24.2 Å². The second-order valence-corrected chi connectivity index (χ2v) is 4.39. The van der Waals surface area contributed by atoms with Gasteiger partial charge in [0.05, 0.1) is 0 Å². The number of nitrogens with one attached hydrogen (secondary N) is 2. The summed E-state index contributed by atoms with van der Waals surface area (Å²) in [5.41, 5.74) is -0.856. The van der Waals surface area contributed by atoms with Gasteiger partial charge in [-0.25, -0.2) is 9.50 Å². The Morgan fingerprint density at radius 2 is 2.19 bits per heavy atom. The van der Waals surface area contributed by atoms with Gasteiger partial charge in [0.25, 0.3) is 0 Å². The minimum atomic E-state index is -4.53. The number of carbonyl (C=O) groups excluding carboxylic acids is 1. The number of aromatic nitrogens is 3. The molecule has 0 aliphatic heterocycles. The summed E-state index contributed by atoms with van der Waals surface area (Å²) in [6.07, 6.45) is -1.91. The van der Waals surface area contributed by atoms with E-state index < -0.39 is 17.9 Å². The van der Waals surface area contributed by atoms with Crippen molar-refractivity contribution in [3.8, 4) is 0 Å². The minimum Gasteiger partial charge on any atom is -0.357 e. The highest BCUT2D eigenvalue weighted by molar-refractivity contribution is 5.85. The van der Waals surface area contributed by atoms with Crippen LogP contribution < -0.4 is 10.6 Å². The van der Waals surface area contributed by atoms with E-state index in [-0.39, 0.29) is 17.2 Å². The number of carbonyl (C=O) groups is 1. The molecule has 0 radical (unpaired) electrons. The van der Waals surface area contributed by atoms with Crippen LogP contribution in [0.5, 0.6) is 0 Å². The van der Waals surface area contributed by atoms with Crippen LogP contribution in [0, 0.1) is 0 Å². The number of anilines is 1. The maximum atomic E-state index is 12.7. The molecule has 2 rings (SSSR count). The molecule has 1 atom stereocenters. The van der Waals surface area contributed by atoms with Gasteiger partial charge in [0.1, 0.15) is 11.6 Å². The second kappa shape index (κ2) is 5.58. The average Bonchev–Trinajstić information content (AvgIpc) is 2.84. The molecule has 0 saturated heterocycles. The third-order valence-electron chi connectivity index (χ3n) is 2.78. The van der Waals surface area contributed by atoms with Crippen molar-refractivity contribution in [1.29, 1.82) is 0 Å². The zero-order valence-corrected chi connectivity index (χ0v) is 11.4. The van der Waals surface area contributed by atoms with Crippen molar-refractivity contribution in [1.82, 2.24) is 19.9 Å². The van der Waals surface area contributed by atoms with E-state index in [4.69, 9.17) is 0 Å². The molecule has 1 amide bonds. The van der Waals surface area contributed by atoms with E-state index in [9.17, 15) is 18.0 Å². The second-order valence-electron chi connectivity index (χ2n) is 4.39. The van der Waals surface area contributed by atoms with Crippen LogP contribution in [-0.4, -0.2) is 33.1 Å². The quantitative estimate of drug-likeness (QED) is 0.901. The Kier molecular flexibility index (Phi) is 4.01. The van der Waals surface area contributed by atoms with Gasteiger partial charge in [-0.3, -0.25) is 4.79 Å². The first-order valence-corrected chi connectivity index (χ1v) is 6.28. The number of hydrogen-bond acceptors (Lipinski definition) is 4. The molecule has 2 aromatic heterocycles. The van der Waals surface area contributed by atoms with E-state index in [0.717, 1.165) is 10.6 Å². The molecule has 2 aromatic rings. The van der Waals surface area contributed by atoms with Crippen molar-refractivity contribution in [2.24, 2.45) is 0 Å². The number of alkyl halides is 3. The predicted octanol–water partition coefficient (Wildman–Crippen LogP) is 1.68. The maximum Gasteiger partial charge on any atom is 0.435 e. The van der Waals surface area contributed by atoms with Gasteiger partial charge in [0.15, 0.2) is 11.5 Å². The van der Waals surface area contributed by atoms with Gasteiger partial charge < -0.3 is 10.6 Å². The lowest BCUT2D eigenvalue weighted by Gasteiger charge is -2.14. The van der Waals surface area contributed by atoms with Crippen LogP contribution in [-0.2, 0) is 11.0 Å². The number of likely N-dealkylation sites (N-methyl/N-ethyl adjacent to an activating group) is 1. The Morgan fingerprint density at radius 1 is 1.48 bits per heavy atom. The monoisotopic (exact) mass is 301 g/mol. The fourth-order valence-corrected chi connectivity index (χ4v) is 1.77. The average molecular weight is 301 g/mol. The van der Waals surface area contributed by atoms with Gasteiger partial charge in [-0.15, -0.1) is 0 Å². The summed E-state index contributed by atoms with van der Waals surface area (Å²) in [7, 11) is 0. The van der Waals surface area contributed by atoms with Crippen molar-refractivity contribution in [2.75, 3.05) is 11.9 Å². The molecule has 0 aliphatic rings. The lowest BCUT2D eigenvalue weighted by atomic mass is 10.3. The predicted molar refractivity (Wildman–Crippen MR) is 69.8 cm³/mol. The number of hydrogen-bond donors (Lipinski definition) is 2. The molecule has 0 aromatic carbocycles. The van der Waals surface area contributed by atoms with Gasteiger partial charge in [-0.1, -0.05) is 0 Å². The van der Waals surface area contributed by atoms with Crippen LogP contribution in [0.3, 0.4) is 0 Å². The summed E-state index contributed by atoms with van der Waals surface area (Å²) in [6, 6.07) is 0.257. The summed E-state index contributed by atoms with van der Waals surface area (Å²) in [6.45, 7) is 3.83. The molecular weight excluding hydrogens is 287 g/mol. The minimum absolute atomic E-state index is 0.154. The Labute approximate surface area is 118 Å². The van der Waals surface area contributed by atoms with Crippen LogP contribution >= 0.6 is 0 Å². The Morgan fingerprint density at radius 3 is 2.81 bits per heavy atom. The number of nitrogens with zero attached hydrogens (tertiary/aromatic N) is 3. The summed E-state index contributed by atoms with van der Waals surface area (Å²) in [5.74, 6) is -0.101. The molecule has 2 heterocycles. The lowest BCUT2D eigenvalue weighted by molar-refractivity contribution is -0.141. The SMILES string of the molecule is CCNC(=O)C(C)Nc1nccn2nc(C(F)(F)F)cc12. The summed E-state index contributed by atoms with van der Waals surface area (Å²) in [4.78, 5) is 15.6. The third-order valence-corrected chi connectivity index (χ3v) is 2.78. The van der Waals surface area contributed by atoms with Gasteiger partial charge in [-0.2, -0.15) is 18.3 Å². The molecule has 2 N–H and O–H groups in total. The van der Waals surface area contributed by atoms with E-state index in [1.165, 1.54) is 12.4 Å². The third kappa shape index (κ3) is 3.23. The molecule has 0 saturated carbocycles. The Balaban J connectivity index is 2.32. The highest BCUT2D eigenvalue weighted by Gasteiger charge is 2.34. The topological polar surface area (TPSA) is 71.3 Å². The molecule has 0 aliphatic carbocycles. The number of halogens is 3. The maximum absolute atomic E-state index is 12.7. The fraction of sp³-hybridized carbons (Fsp3) is 0.417. The van der Waals surface area contributed by atoms with Gasteiger partial charge in [0.2, 0.25) is 5.91 Å². The Hall–Kier alpha value is -2.32. The molecular formula is C12H14F3N5O. The number of fused-ring (bicyclic) bond motifs is 1. The number of rotatable bonds is 4. The summed E-state index contributed by atoms with van der Waals surface area (Å²) in [5, 5.41) is 8.84. The fourth-order valence-electron chi connectivity index (χ4n) is 1.77.